The van der Waals surface area contributed by atoms with Crippen molar-refractivity contribution in [3.05, 3.63) is 76.4 Å². The van der Waals surface area contributed by atoms with E-state index in [9.17, 15) is 13.2 Å². The Morgan fingerprint density at radius 3 is 2.35 bits per heavy atom. The maximum atomic E-state index is 13.3. The van der Waals surface area contributed by atoms with Gasteiger partial charge in [0.1, 0.15) is 10.7 Å². The number of benzene rings is 2. The number of carbonyl (C=O) groups is 1. The third-order valence-corrected chi connectivity index (χ3v) is 8.67. The molecule has 0 bridgehead atoms. The lowest BCUT2D eigenvalue weighted by Crippen LogP contribution is -2.45. The predicted octanol–water partition coefficient (Wildman–Crippen LogP) is 4.15. The molecule has 0 unspecified atom stereocenters. The first kappa shape index (κ1) is 22.8. The Hall–Kier alpha value is -2.93. The van der Waals surface area contributed by atoms with Crippen LogP contribution in [0.15, 0.2) is 58.5 Å². The fraction of sp³-hybridized carbons (Fsp3) is 0.407. The average molecular weight is 478 g/mol. The van der Waals surface area contributed by atoms with E-state index in [0.717, 1.165) is 24.1 Å². The van der Waals surface area contributed by atoms with Crippen molar-refractivity contribution in [2.24, 2.45) is 10.3 Å². The molecule has 1 fully saturated rings. The molecule has 2 aromatic rings. The summed E-state index contributed by atoms with van der Waals surface area (Å²) in [4.78, 5) is 17.6. The van der Waals surface area contributed by atoms with E-state index in [1.165, 1.54) is 11.1 Å². The van der Waals surface area contributed by atoms with Gasteiger partial charge >= 0.3 is 0 Å². The Morgan fingerprint density at radius 2 is 1.68 bits per heavy atom. The Kier molecular flexibility index (Phi) is 6.06. The number of sulfonamides is 1. The average Bonchev–Trinajstić information content (AvgIpc) is 3.14. The second-order valence-corrected chi connectivity index (χ2v) is 11.0. The molecule has 3 aliphatic heterocycles. The molecule has 0 radical (unpaired) electrons. The van der Waals surface area contributed by atoms with Gasteiger partial charge in [0, 0.05) is 37.7 Å². The van der Waals surface area contributed by atoms with E-state index in [1.54, 1.807) is 0 Å². The zero-order valence-electron chi connectivity index (χ0n) is 19.8. The van der Waals surface area contributed by atoms with Crippen LogP contribution < -0.4 is 0 Å². The van der Waals surface area contributed by atoms with E-state index in [-0.39, 0.29) is 11.8 Å². The third-order valence-electron chi connectivity index (χ3n) is 7.26. The van der Waals surface area contributed by atoms with Gasteiger partial charge in [0.15, 0.2) is 0 Å². The highest BCUT2D eigenvalue weighted by molar-refractivity contribution is 8.00. The van der Waals surface area contributed by atoms with Gasteiger partial charge in [0.05, 0.1) is 0 Å². The molecule has 0 aliphatic carbocycles. The largest absolute Gasteiger partial charge is 0.356 e. The number of fused-ring (bicyclic) bond motifs is 1. The molecule has 0 N–H and O–H groups in total. The number of piperidine rings is 1. The van der Waals surface area contributed by atoms with E-state index in [2.05, 4.69) is 27.5 Å². The number of aryl methyl sites for hydroxylation is 1. The summed E-state index contributed by atoms with van der Waals surface area (Å²) in [6.45, 7) is 6.69. The summed E-state index contributed by atoms with van der Waals surface area (Å²) in [6.07, 6.45) is 2.93. The van der Waals surface area contributed by atoms with Crippen LogP contribution in [0.2, 0.25) is 0 Å². The lowest BCUT2D eigenvalue weighted by molar-refractivity contribution is -0.137. The van der Waals surface area contributed by atoms with Crippen LogP contribution in [0, 0.1) is 12.8 Å². The van der Waals surface area contributed by atoms with Crippen LogP contribution in [0.5, 0.6) is 0 Å². The van der Waals surface area contributed by atoms with E-state index < -0.39 is 10.0 Å². The molecule has 3 heterocycles. The molecular weight excluding hydrogens is 446 g/mol. The third kappa shape index (κ3) is 4.17. The van der Waals surface area contributed by atoms with Crippen molar-refractivity contribution >= 4 is 26.7 Å². The molecule has 34 heavy (non-hydrogen) atoms. The van der Waals surface area contributed by atoms with Crippen LogP contribution in [0.4, 0.5) is 0 Å². The van der Waals surface area contributed by atoms with Crippen LogP contribution >= 0.6 is 0 Å². The minimum Gasteiger partial charge on any atom is -0.356 e. The van der Waals surface area contributed by atoms with Crippen molar-refractivity contribution in [3.63, 3.8) is 0 Å². The Labute approximate surface area is 202 Å². The molecule has 1 amide bonds. The van der Waals surface area contributed by atoms with Gasteiger partial charge in [0.25, 0.3) is 10.0 Å². The highest BCUT2D eigenvalue weighted by Crippen LogP contribution is 2.36. The molecule has 0 saturated carbocycles. The zero-order valence-corrected chi connectivity index (χ0v) is 20.6. The van der Waals surface area contributed by atoms with E-state index in [1.807, 2.05) is 49.1 Å². The molecule has 0 atom stereocenters. The number of carbonyl (C=O) groups excluding carboxylic acids is 1. The summed E-state index contributed by atoms with van der Waals surface area (Å²) in [7, 11) is -3.74. The molecule has 0 aromatic heterocycles. The summed E-state index contributed by atoms with van der Waals surface area (Å²) in [5, 5.41) is 0. The van der Waals surface area contributed by atoms with Gasteiger partial charge in [-0.1, -0.05) is 61.0 Å². The molecule has 3 aliphatic rings. The second-order valence-electron chi connectivity index (χ2n) is 9.46. The fourth-order valence-corrected chi connectivity index (χ4v) is 6.87. The fourth-order valence-electron chi connectivity index (χ4n) is 5.35. The SMILES string of the molecule is CCC1=C(c2ccc(C)cc2)S(=O)(=O)N=C1N1CCC(C(=O)N2CCc3ccccc3C2)CC1. The smallest absolute Gasteiger partial charge is 0.285 e. The van der Waals surface area contributed by atoms with Gasteiger partial charge in [0.2, 0.25) is 5.91 Å². The van der Waals surface area contributed by atoms with E-state index >= 15 is 0 Å². The highest BCUT2D eigenvalue weighted by atomic mass is 32.2. The first-order valence-corrected chi connectivity index (χ1v) is 13.6. The van der Waals surface area contributed by atoms with E-state index in [0.29, 0.717) is 55.2 Å². The van der Waals surface area contributed by atoms with Crippen LogP contribution in [0.1, 0.15) is 48.4 Å². The van der Waals surface area contributed by atoms with E-state index in [4.69, 9.17) is 0 Å². The normalized spacial score (nSPS) is 20.4. The van der Waals surface area contributed by atoms with Gasteiger partial charge in [-0.15, -0.1) is 4.40 Å². The van der Waals surface area contributed by atoms with Crippen molar-refractivity contribution < 1.29 is 13.2 Å². The number of amidine groups is 1. The van der Waals surface area contributed by atoms with Gasteiger partial charge in [-0.25, -0.2) is 0 Å². The summed E-state index contributed by atoms with van der Waals surface area (Å²) in [6, 6.07) is 15.9. The molecular formula is C27H31N3O3S. The number of rotatable bonds is 3. The lowest BCUT2D eigenvalue weighted by atomic mass is 9.92. The minimum atomic E-state index is -3.74. The van der Waals surface area contributed by atoms with Crippen molar-refractivity contribution in [3.8, 4) is 0 Å². The topological polar surface area (TPSA) is 70.0 Å². The van der Waals surface area contributed by atoms with Crippen LogP contribution in [0.3, 0.4) is 0 Å². The van der Waals surface area contributed by atoms with Gasteiger partial charge < -0.3 is 9.80 Å². The monoisotopic (exact) mass is 477 g/mol. The van der Waals surface area contributed by atoms with Crippen LogP contribution in [-0.2, 0) is 27.8 Å². The molecule has 5 rings (SSSR count). The zero-order chi connectivity index (χ0) is 23.9. The van der Waals surface area contributed by atoms with Crippen molar-refractivity contribution in [1.82, 2.24) is 9.80 Å². The van der Waals surface area contributed by atoms with Crippen LogP contribution in [0.25, 0.3) is 4.91 Å². The summed E-state index contributed by atoms with van der Waals surface area (Å²) < 4.78 is 30.2. The first-order valence-electron chi connectivity index (χ1n) is 12.1. The van der Waals surface area contributed by atoms with Crippen LogP contribution in [-0.4, -0.2) is 49.6 Å². The highest BCUT2D eigenvalue weighted by Gasteiger charge is 2.37. The van der Waals surface area contributed by atoms with Gasteiger partial charge in [-0.05, 0) is 49.3 Å². The molecule has 2 aromatic carbocycles. The predicted molar refractivity (Wildman–Crippen MR) is 135 cm³/mol. The van der Waals surface area contributed by atoms with Gasteiger partial charge in [-0.3, -0.25) is 4.79 Å². The number of hydrogen-bond donors (Lipinski definition) is 0. The minimum absolute atomic E-state index is 0.0225. The summed E-state index contributed by atoms with van der Waals surface area (Å²) in [5.41, 5.74) is 5.14. The maximum Gasteiger partial charge on any atom is 0.285 e. The maximum absolute atomic E-state index is 13.3. The number of nitrogens with zero attached hydrogens (tertiary/aromatic N) is 3. The summed E-state index contributed by atoms with van der Waals surface area (Å²) >= 11 is 0. The van der Waals surface area contributed by atoms with Crippen molar-refractivity contribution in [1.29, 1.82) is 0 Å². The molecule has 178 valence electrons. The molecule has 7 heteroatoms. The van der Waals surface area contributed by atoms with Crippen molar-refractivity contribution in [2.45, 2.75) is 46.1 Å². The Balaban J connectivity index is 1.30. The quantitative estimate of drug-likeness (QED) is 0.666. The second kappa shape index (κ2) is 9.02. The Morgan fingerprint density at radius 1 is 1.00 bits per heavy atom. The number of amides is 1. The summed E-state index contributed by atoms with van der Waals surface area (Å²) in [5.74, 6) is 0.767. The number of hydrogen-bond acceptors (Lipinski definition) is 4. The molecule has 1 saturated heterocycles. The van der Waals surface area contributed by atoms with Gasteiger partial charge in [-0.2, -0.15) is 8.42 Å². The molecule has 0 spiro atoms. The number of likely N-dealkylation sites (tertiary alicyclic amines) is 1. The lowest BCUT2D eigenvalue weighted by Gasteiger charge is -2.37. The first-order chi connectivity index (χ1) is 16.4. The van der Waals surface area contributed by atoms with Crippen molar-refractivity contribution in [2.75, 3.05) is 19.6 Å². The standard InChI is InChI=1S/C27H31N3O3S/c1-3-24-25(21-10-8-19(2)9-11-21)34(32,33)28-26(24)29-15-13-22(14-16-29)27(31)30-17-12-20-6-4-5-7-23(20)18-30/h4-11,22H,3,12-18H2,1-2H3. The Bertz CT molecular complexity index is 1270. The molecule has 6 nitrogen and oxygen atoms in total.